The number of carbonyl (C=O) groups is 1. The van der Waals surface area contributed by atoms with Gasteiger partial charge in [-0.3, -0.25) is 9.69 Å². The predicted molar refractivity (Wildman–Crippen MR) is 89.4 cm³/mol. The van der Waals surface area contributed by atoms with E-state index in [0.717, 1.165) is 57.1 Å². The SMILES string of the molecule is CN1CCCCC1C(=O)NCc1cccnc1N1CCOCC1. The van der Waals surface area contributed by atoms with Gasteiger partial charge >= 0.3 is 0 Å². The first kappa shape index (κ1) is 16.2. The number of ether oxygens (including phenoxy) is 1. The number of amides is 1. The van der Waals surface area contributed by atoms with Gasteiger partial charge in [0, 0.05) is 31.4 Å². The van der Waals surface area contributed by atoms with Crippen LogP contribution < -0.4 is 10.2 Å². The van der Waals surface area contributed by atoms with Crippen molar-refractivity contribution >= 4 is 11.7 Å². The van der Waals surface area contributed by atoms with Crippen LogP contribution in [-0.4, -0.2) is 61.7 Å². The lowest BCUT2D eigenvalue weighted by Crippen LogP contribution is -2.47. The highest BCUT2D eigenvalue weighted by Crippen LogP contribution is 2.19. The molecule has 1 aromatic heterocycles. The van der Waals surface area contributed by atoms with Crippen molar-refractivity contribution in [2.24, 2.45) is 0 Å². The fraction of sp³-hybridized carbons (Fsp3) is 0.647. The van der Waals surface area contributed by atoms with Gasteiger partial charge in [-0.05, 0) is 32.5 Å². The molecule has 126 valence electrons. The monoisotopic (exact) mass is 318 g/mol. The predicted octanol–water partition coefficient (Wildman–Crippen LogP) is 1.02. The van der Waals surface area contributed by atoms with Crippen molar-refractivity contribution < 1.29 is 9.53 Å². The molecule has 0 aromatic carbocycles. The first-order valence-electron chi connectivity index (χ1n) is 8.50. The highest BCUT2D eigenvalue weighted by Gasteiger charge is 2.26. The van der Waals surface area contributed by atoms with E-state index >= 15 is 0 Å². The van der Waals surface area contributed by atoms with Gasteiger partial charge < -0.3 is 15.0 Å². The highest BCUT2D eigenvalue weighted by molar-refractivity contribution is 5.81. The maximum atomic E-state index is 12.5. The Morgan fingerprint density at radius 3 is 2.96 bits per heavy atom. The number of carbonyl (C=O) groups excluding carboxylic acids is 1. The number of aromatic nitrogens is 1. The zero-order valence-corrected chi connectivity index (χ0v) is 13.8. The molecule has 1 amide bonds. The van der Waals surface area contributed by atoms with E-state index < -0.39 is 0 Å². The molecule has 23 heavy (non-hydrogen) atoms. The summed E-state index contributed by atoms with van der Waals surface area (Å²) < 4.78 is 5.41. The summed E-state index contributed by atoms with van der Waals surface area (Å²) in [6, 6.07) is 3.98. The van der Waals surface area contributed by atoms with Crippen molar-refractivity contribution in [1.29, 1.82) is 0 Å². The maximum Gasteiger partial charge on any atom is 0.237 e. The third-order valence-corrected chi connectivity index (χ3v) is 4.70. The van der Waals surface area contributed by atoms with E-state index in [-0.39, 0.29) is 11.9 Å². The van der Waals surface area contributed by atoms with Crippen molar-refractivity contribution in [2.45, 2.75) is 31.8 Å². The van der Waals surface area contributed by atoms with Gasteiger partial charge in [0.2, 0.25) is 5.91 Å². The maximum absolute atomic E-state index is 12.5. The van der Waals surface area contributed by atoms with Crippen molar-refractivity contribution in [2.75, 3.05) is 44.8 Å². The van der Waals surface area contributed by atoms with Gasteiger partial charge in [-0.15, -0.1) is 0 Å². The molecule has 2 saturated heterocycles. The summed E-state index contributed by atoms with van der Waals surface area (Å²) in [4.78, 5) is 21.4. The molecule has 2 fully saturated rings. The van der Waals surface area contributed by atoms with Crippen molar-refractivity contribution in [1.82, 2.24) is 15.2 Å². The van der Waals surface area contributed by atoms with Crippen LogP contribution in [0.25, 0.3) is 0 Å². The summed E-state index contributed by atoms with van der Waals surface area (Å²) in [6.07, 6.45) is 5.08. The van der Waals surface area contributed by atoms with Gasteiger partial charge in [0.25, 0.3) is 0 Å². The van der Waals surface area contributed by atoms with E-state index in [1.807, 2.05) is 25.4 Å². The lowest BCUT2D eigenvalue weighted by molar-refractivity contribution is -0.127. The molecule has 6 nitrogen and oxygen atoms in total. The summed E-state index contributed by atoms with van der Waals surface area (Å²) in [5.41, 5.74) is 1.07. The third-order valence-electron chi connectivity index (χ3n) is 4.70. The first-order valence-corrected chi connectivity index (χ1v) is 8.50. The Morgan fingerprint density at radius 2 is 2.17 bits per heavy atom. The number of hydrogen-bond donors (Lipinski definition) is 1. The Labute approximate surface area is 137 Å². The molecule has 2 aliphatic heterocycles. The number of morpholine rings is 1. The fourth-order valence-corrected chi connectivity index (χ4v) is 3.33. The third kappa shape index (κ3) is 4.00. The number of rotatable bonds is 4. The summed E-state index contributed by atoms with van der Waals surface area (Å²) in [7, 11) is 2.03. The van der Waals surface area contributed by atoms with Crippen molar-refractivity contribution in [3.8, 4) is 0 Å². The van der Waals surface area contributed by atoms with E-state index in [1.54, 1.807) is 0 Å². The Kier molecular flexibility index (Phi) is 5.46. The minimum Gasteiger partial charge on any atom is -0.378 e. The minimum atomic E-state index is 0.00672. The Hall–Kier alpha value is -1.66. The van der Waals surface area contributed by atoms with Crippen molar-refractivity contribution in [3.05, 3.63) is 23.9 Å². The lowest BCUT2D eigenvalue weighted by Gasteiger charge is -2.32. The molecule has 1 aromatic rings. The second kappa shape index (κ2) is 7.75. The topological polar surface area (TPSA) is 57.7 Å². The Morgan fingerprint density at radius 1 is 1.35 bits per heavy atom. The molecule has 1 unspecified atom stereocenters. The van der Waals surface area contributed by atoms with Crippen LogP contribution in [0.5, 0.6) is 0 Å². The Bertz CT molecular complexity index is 531. The molecular weight excluding hydrogens is 292 g/mol. The quantitative estimate of drug-likeness (QED) is 0.898. The molecule has 0 spiro atoms. The molecule has 0 bridgehead atoms. The minimum absolute atomic E-state index is 0.00672. The number of anilines is 1. The van der Waals surface area contributed by atoms with Crippen LogP contribution in [0.3, 0.4) is 0 Å². The van der Waals surface area contributed by atoms with Gasteiger partial charge in [-0.2, -0.15) is 0 Å². The molecule has 3 rings (SSSR count). The number of nitrogens with zero attached hydrogens (tertiary/aromatic N) is 3. The molecule has 0 radical (unpaired) electrons. The summed E-state index contributed by atoms with van der Waals surface area (Å²) >= 11 is 0. The zero-order valence-electron chi connectivity index (χ0n) is 13.8. The van der Waals surface area contributed by atoms with Crippen LogP contribution in [0.4, 0.5) is 5.82 Å². The number of pyridine rings is 1. The average Bonchev–Trinajstić information content (AvgIpc) is 2.61. The van der Waals surface area contributed by atoms with Gasteiger partial charge in [0.1, 0.15) is 5.82 Å². The van der Waals surface area contributed by atoms with Gasteiger partial charge in [-0.25, -0.2) is 4.98 Å². The number of nitrogens with one attached hydrogen (secondary N) is 1. The number of likely N-dealkylation sites (N-methyl/N-ethyl adjacent to an activating group) is 1. The second-order valence-corrected chi connectivity index (χ2v) is 6.30. The van der Waals surface area contributed by atoms with E-state index in [2.05, 4.69) is 20.1 Å². The van der Waals surface area contributed by atoms with Gasteiger partial charge in [-0.1, -0.05) is 12.5 Å². The van der Waals surface area contributed by atoms with E-state index in [0.29, 0.717) is 6.54 Å². The summed E-state index contributed by atoms with van der Waals surface area (Å²) in [6.45, 7) is 4.70. The fourth-order valence-electron chi connectivity index (χ4n) is 3.33. The van der Waals surface area contributed by atoms with Crippen LogP contribution >= 0.6 is 0 Å². The van der Waals surface area contributed by atoms with Crippen LogP contribution in [0.1, 0.15) is 24.8 Å². The standard InChI is InChI=1S/C17H26N4O2/c1-20-8-3-2-6-15(20)17(22)19-13-14-5-4-7-18-16(14)21-9-11-23-12-10-21/h4-5,7,15H,2-3,6,8-13H2,1H3,(H,19,22). The van der Waals surface area contributed by atoms with Gasteiger partial charge in [0.15, 0.2) is 0 Å². The lowest BCUT2D eigenvalue weighted by atomic mass is 10.0. The molecule has 1 N–H and O–H groups in total. The second-order valence-electron chi connectivity index (χ2n) is 6.30. The zero-order chi connectivity index (χ0) is 16.1. The molecule has 3 heterocycles. The summed E-state index contributed by atoms with van der Waals surface area (Å²) in [5.74, 6) is 1.09. The number of hydrogen-bond acceptors (Lipinski definition) is 5. The van der Waals surface area contributed by atoms with Crippen LogP contribution in [0, 0.1) is 0 Å². The molecule has 6 heteroatoms. The molecular formula is C17H26N4O2. The summed E-state index contributed by atoms with van der Waals surface area (Å²) in [5, 5.41) is 3.10. The van der Waals surface area contributed by atoms with Crippen molar-refractivity contribution in [3.63, 3.8) is 0 Å². The van der Waals surface area contributed by atoms with E-state index in [1.165, 1.54) is 6.42 Å². The van der Waals surface area contributed by atoms with Gasteiger partial charge in [0.05, 0.1) is 19.3 Å². The average molecular weight is 318 g/mol. The van der Waals surface area contributed by atoms with E-state index in [4.69, 9.17) is 4.74 Å². The largest absolute Gasteiger partial charge is 0.378 e. The number of likely N-dealkylation sites (tertiary alicyclic amines) is 1. The van der Waals surface area contributed by atoms with Crippen LogP contribution in [0.2, 0.25) is 0 Å². The smallest absolute Gasteiger partial charge is 0.237 e. The van der Waals surface area contributed by atoms with E-state index in [9.17, 15) is 4.79 Å². The Balaban J connectivity index is 1.62. The highest BCUT2D eigenvalue weighted by atomic mass is 16.5. The van der Waals surface area contributed by atoms with Crippen LogP contribution in [0.15, 0.2) is 18.3 Å². The van der Waals surface area contributed by atoms with Crippen LogP contribution in [-0.2, 0) is 16.1 Å². The normalized spacial score (nSPS) is 22.8. The first-order chi connectivity index (χ1) is 11.3. The molecule has 2 aliphatic rings. The molecule has 0 aliphatic carbocycles. The number of piperidine rings is 1. The molecule has 0 saturated carbocycles. The molecule has 1 atom stereocenters.